The van der Waals surface area contributed by atoms with Crippen LogP contribution in [0.1, 0.15) is 22.3 Å². The number of anilines is 1. The van der Waals surface area contributed by atoms with Gasteiger partial charge in [-0.25, -0.2) is 9.38 Å². The number of aliphatic imine (C=N–C) groups is 1. The van der Waals surface area contributed by atoms with Gasteiger partial charge in [0.05, 0.1) is 16.3 Å². The summed E-state index contributed by atoms with van der Waals surface area (Å²) in [7, 11) is 0. The molecule has 0 N–H and O–H groups in total. The number of ether oxygens (including phenoxy) is 1. The van der Waals surface area contributed by atoms with Gasteiger partial charge in [-0.05, 0) is 91.3 Å². The summed E-state index contributed by atoms with van der Waals surface area (Å²) < 4.78 is 19.3. The van der Waals surface area contributed by atoms with Crippen LogP contribution in [0.4, 0.5) is 15.8 Å². The third-order valence-corrected chi connectivity index (χ3v) is 6.78. The van der Waals surface area contributed by atoms with Gasteiger partial charge in [0.25, 0.3) is 5.91 Å². The number of carbonyl (C=O) groups excluding carboxylic acids is 1. The van der Waals surface area contributed by atoms with Crippen molar-refractivity contribution < 1.29 is 13.9 Å². The van der Waals surface area contributed by atoms with Crippen molar-refractivity contribution in [2.45, 2.75) is 20.5 Å². The Hall–Kier alpha value is -4.16. The van der Waals surface area contributed by atoms with E-state index in [-0.39, 0.29) is 18.3 Å². The number of benzene rings is 4. The van der Waals surface area contributed by atoms with E-state index in [4.69, 9.17) is 9.73 Å². The minimum atomic E-state index is -0.294. The lowest BCUT2D eigenvalue weighted by molar-refractivity contribution is -0.113. The summed E-state index contributed by atoms with van der Waals surface area (Å²) in [6.07, 6.45) is 1.85. The largest absolute Gasteiger partial charge is 0.489 e. The molecule has 0 spiro atoms. The highest BCUT2D eigenvalue weighted by atomic mass is 32.2. The number of rotatable bonds is 6. The molecule has 0 bridgehead atoms. The minimum Gasteiger partial charge on any atom is -0.489 e. The van der Waals surface area contributed by atoms with Crippen LogP contribution in [-0.4, -0.2) is 11.1 Å². The van der Waals surface area contributed by atoms with Crippen LogP contribution >= 0.6 is 11.8 Å². The van der Waals surface area contributed by atoms with Crippen LogP contribution in [0.3, 0.4) is 0 Å². The summed E-state index contributed by atoms with van der Waals surface area (Å²) in [4.78, 5) is 20.6. The number of amidine groups is 1. The van der Waals surface area contributed by atoms with E-state index < -0.39 is 0 Å². The fourth-order valence-electron chi connectivity index (χ4n) is 3.84. The highest BCUT2D eigenvalue weighted by Gasteiger charge is 2.34. The first-order valence-corrected chi connectivity index (χ1v) is 12.7. The number of halogens is 1. The van der Waals surface area contributed by atoms with E-state index in [1.165, 1.54) is 23.9 Å². The molecule has 6 heteroatoms. The third-order valence-electron chi connectivity index (χ3n) is 5.81. The maximum Gasteiger partial charge on any atom is 0.271 e. The van der Waals surface area contributed by atoms with Crippen molar-refractivity contribution in [1.82, 2.24) is 0 Å². The maximum absolute atomic E-state index is 13.6. The lowest BCUT2D eigenvalue weighted by Crippen LogP contribution is -2.28. The summed E-state index contributed by atoms with van der Waals surface area (Å²) in [6, 6.07) is 29.6. The number of nitrogens with zero attached hydrogens (tertiary/aromatic N) is 2. The fourth-order valence-corrected chi connectivity index (χ4v) is 4.84. The van der Waals surface area contributed by atoms with Gasteiger partial charge >= 0.3 is 0 Å². The van der Waals surface area contributed by atoms with Crippen LogP contribution in [0.2, 0.25) is 0 Å². The van der Waals surface area contributed by atoms with Crippen LogP contribution < -0.4 is 9.64 Å². The second-order valence-corrected chi connectivity index (χ2v) is 9.82. The van der Waals surface area contributed by atoms with Crippen molar-refractivity contribution in [3.63, 3.8) is 0 Å². The second kappa shape index (κ2) is 10.8. The number of thioether (sulfide) groups is 1. The Morgan fingerprint density at radius 1 is 0.892 bits per heavy atom. The van der Waals surface area contributed by atoms with Gasteiger partial charge in [0.15, 0.2) is 5.17 Å². The number of hydrogen-bond donors (Lipinski definition) is 0. The number of amides is 1. The van der Waals surface area contributed by atoms with Crippen molar-refractivity contribution in [2.24, 2.45) is 4.99 Å². The van der Waals surface area contributed by atoms with Gasteiger partial charge in [0.1, 0.15) is 18.2 Å². The van der Waals surface area contributed by atoms with E-state index in [0.29, 0.717) is 15.8 Å². The molecular formula is C31H25FN2O2S. The Morgan fingerprint density at radius 2 is 1.59 bits per heavy atom. The first-order chi connectivity index (χ1) is 17.9. The molecule has 5 rings (SSSR count). The van der Waals surface area contributed by atoms with E-state index >= 15 is 0 Å². The van der Waals surface area contributed by atoms with E-state index in [0.717, 1.165) is 33.6 Å². The van der Waals surface area contributed by atoms with Gasteiger partial charge < -0.3 is 4.74 Å². The Kier molecular flexibility index (Phi) is 7.19. The summed E-state index contributed by atoms with van der Waals surface area (Å²) in [5.41, 5.74) is 5.39. The van der Waals surface area contributed by atoms with Crippen LogP contribution in [0.25, 0.3) is 6.08 Å². The molecule has 1 aliphatic heterocycles. The lowest BCUT2D eigenvalue weighted by Gasteiger charge is -2.16. The number of aryl methyl sites for hydroxylation is 2. The van der Waals surface area contributed by atoms with Crippen LogP contribution in [0.15, 0.2) is 107 Å². The van der Waals surface area contributed by atoms with E-state index in [9.17, 15) is 9.18 Å². The van der Waals surface area contributed by atoms with Gasteiger partial charge in [0, 0.05) is 0 Å². The SMILES string of the molecule is Cc1ccc(N=C2S/C(=C\c3cccc(OCc4cccc(F)c4)c3)C(=O)N2c2ccc(C)cc2)cc1. The number of carbonyl (C=O) groups is 1. The monoisotopic (exact) mass is 508 g/mol. The van der Waals surface area contributed by atoms with Gasteiger partial charge in [0.2, 0.25) is 0 Å². The number of hydrogen-bond acceptors (Lipinski definition) is 4. The zero-order valence-corrected chi connectivity index (χ0v) is 21.3. The predicted molar refractivity (Wildman–Crippen MR) is 150 cm³/mol. The predicted octanol–water partition coefficient (Wildman–Crippen LogP) is 7.83. The van der Waals surface area contributed by atoms with Gasteiger partial charge in [-0.3, -0.25) is 9.69 Å². The third kappa shape index (κ3) is 5.98. The van der Waals surface area contributed by atoms with Gasteiger partial charge in [-0.2, -0.15) is 0 Å². The molecule has 1 heterocycles. The molecule has 1 fully saturated rings. The Morgan fingerprint density at radius 3 is 2.32 bits per heavy atom. The van der Waals surface area contributed by atoms with Crippen LogP contribution in [0.5, 0.6) is 5.75 Å². The molecule has 1 saturated heterocycles. The molecule has 0 unspecified atom stereocenters. The van der Waals surface area contributed by atoms with Crippen molar-refractivity contribution in [1.29, 1.82) is 0 Å². The topological polar surface area (TPSA) is 41.9 Å². The molecule has 0 atom stereocenters. The van der Waals surface area contributed by atoms with Crippen LogP contribution in [-0.2, 0) is 11.4 Å². The molecular weight excluding hydrogens is 483 g/mol. The van der Waals surface area contributed by atoms with Crippen molar-refractivity contribution >= 4 is 40.3 Å². The molecule has 4 aromatic rings. The maximum atomic E-state index is 13.6. The highest BCUT2D eigenvalue weighted by Crippen LogP contribution is 2.37. The average Bonchev–Trinajstić information content (AvgIpc) is 3.19. The molecule has 1 amide bonds. The van der Waals surface area contributed by atoms with E-state index in [1.54, 1.807) is 11.0 Å². The highest BCUT2D eigenvalue weighted by molar-refractivity contribution is 8.19. The molecule has 37 heavy (non-hydrogen) atoms. The minimum absolute atomic E-state index is 0.134. The summed E-state index contributed by atoms with van der Waals surface area (Å²) in [5, 5.41) is 0.600. The second-order valence-electron chi connectivity index (χ2n) is 8.81. The molecule has 4 nitrogen and oxygen atoms in total. The Bertz CT molecular complexity index is 1490. The summed E-state index contributed by atoms with van der Waals surface area (Å²) >= 11 is 1.34. The smallest absolute Gasteiger partial charge is 0.271 e. The van der Waals surface area contributed by atoms with Crippen molar-refractivity contribution in [3.8, 4) is 5.75 Å². The molecule has 0 saturated carbocycles. The Labute approximate surface area is 220 Å². The standard InChI is InChI=1S/C31H25FN2O2S/c1-21-9-13-26(14-10-21)33-31-34(27-15-11-22(2)12-16-27)30(35)29(37-31)19-23-5-4-8-28(18-23)36-20-24-6-3-7-25(32)17-24/h3-19H,20H2,1-2H3/b29-19-,33-31?. The van der Waals surface area contributed by atoms with Crippen molar-refractivity contribution in [2.75, 3.05) is 4.90 Å². The molecule has 1 aliphatic rings. The van der Waals surface area contributed by atoms with E-state index in [1.807, 2.05) is 98.8 Å². The van der Waals surface area contributed by atoms with Gasteiger partial charge in [-0.1, -0.05) is 59.7 Å². The molecule has 0 aromatic heterocycles. The van der Waals surface area contributed by atoms with E-state index in [2.05, 4.69) is 0 Å². The molecule has 184 valence electrons. The fraction of sp³-hybridized carbons (Fsp3) is 0.0968. The quantitative estimate of drug-likeness (QED) is 0.249. The molecule has 4 aromatic carbocycles. The molecule has 0 radical (unpaired) electrons. The average molecular weight is 509 g/mol. The Balaban J connectivity index is 1.43. The summed E-state index contributed by atoms with van der Waals surface area (Å²) in [5.74, 6) is 0.210. The zero-order chi connectivity index (χ0) is 25.8. The first-order valence-electron chi connectivity index (χ1n) is 11.9. The summed E-state index contributed by atoms with van der Waals surface area (Å²) in [6.45, 7) is 4.29. The molecule has 0 aliphatic carbocycles. The van der Waals surface area contributed by atoms with Crippen molar-refractivity contribution in [3.05, 3.63) is 130 Å². The van der Waals surface area contributed by atoms with Gasteiger partial charge in [-0.15, -0.1) is 0 Å². The first kappa shape index (κ1) is 24.5. The lowest BCUT2D eigenvalue weighted by atomic mass is 10.2. The zero-order valence-electron chi connectivity index (χ0n) is 20.5. The van der Waals surface area contributed by atoms with Crippen LogP contribution in [0, 0.1) is 19.7 Å². The normalized spacial score (nSPS) is 15.5.